The van der Waals surface area contributed by atoms with Gasteiger partial charge in [-0.1, -0.05) is 18.2 Å². The molecular formula is C14H13NOS. The second-order valence-corrected chi connectivity index (χ2v) is 4.79. The third-order valence-electron chi connectivity index (χ3n) is 2.51. The number of aromatic nitrogens is 1. The molecule has 0 N–H and O–H groups in total. The Balaban J connectivity index is 2.02. The van der Waals surface area contributed by atoms with E-state index in [0.717, 1.165) is 22.6 Å². The summed E-state index contributed by atoms with van der Waals surface area (Å²) in [5.41, 5.74) is 3.03. The molecule has 2 aromatic rings. The Kier molecular flexibility index (Phi) is 3.94. The van der Waals surface area contributed by atoms with Gasteiger partial charge in [0, 0.05) is 22.4 Å². The maximum absolute atomic E-state index is 10.5. The van der Waals surface area contributed by atoms with Crippen LogP contribution in [-0.4, -0.2) is 11.3 Å². The monoisotopic (exact) mass is 243 g/mol. The van der Waals surface area contributed by atoms with Gasteiger partial charge in [-0.2, -0.15) is 0 Å². The van der Waals surface area contributed by atoms with Crippen molar-refractivity contribution in [2.75, 3.05) is 0 Å². The topological polar surface area (TPSA) is 30.0 Å². The molecule has 0 radical (unpaired) electrons. The third kappa shape index (κ3) is 3.17. The second-order valence-electron chi connectivity index (χ2n) is 3.74. The fourth-order valence-corrected chi connectivity index (χ4v) is 2.40. The zero-order valence-electron chi connectivity index (χ0n) is 9.59. The van der Waals surface area contributed by atoms with Crippen LogP contribution in [0.3, 0.4) is 0 Å². The molecule has 2 rings (SSSR count). The number of hydrogen-bond donors (Lipinski definition) is 0. The first-order valence-corrected chi connectivity index (χ1v) is 6.36. The highest BCUT2D eigenvalue weighted by Crippen LogP contribution is 2.23. The molecule has 0 aliphatic heterocycles. The highest BCUT2D eigenvalue weighted by molar-refractivity contribution is 7.98. The van der Waals surface area contributed by atoms with Crippen LogP contribution in [0.25, 0.3) is 0 Å². The summed E-state index contributed by atoms with van der Waals surface area (Å²) in [5.74, 6) is 0.854. The first kappa shape index (κ1) is 11.9. The molecule has 2 nitrogen and oxygen atoms in total. The number of carbonyl (C=O) groups excluding carboxylic acids is 1. The average molecular weight is 243 g/mol. The molecule has 0 aliphatic rings. The molecule has 0 saturated carbocycles. The van der Waals surface area contributed by atoms with E-state index >= 15 is 0 Å². The molecule has 0 saturated heterocycles. The van der Waals surface area contributed by atoms with Gasteiger partial charge in [0.05, 0.1) is 5.69 Å². The van der Waals surface area contributed by atoms with E-state index in [1.165, 1.54) is 5.56 Å². The van der Waals surface area contributed by atoms with Crippen LogP contribution in [0.1, 0.15) is 21.6 Å². The molecule has 86 valence electrons. The van der Waals surface area contributed by atoms with Gasteiger partial charge in [-0.25, -0.2) is 0 Å². The lowest BCUT2D eigenvalue weighted by Crippen LogP contribution is -1.90. The minimum absolute atomic E-state index is 0.711. The van der Waals surface area contributed by atoms with Crippen LogP contribution < -0.4 is 0 Å². The van der Waals surface area contributed by atoms with E-state index in [1.54, 1.807) is 11.8 Å². The lowest BCUT2D eigenvalue weighted by molar-refractivity contribution is 0.112. The van der Waals surface area contributed by atoms with Crippen molar-refractivity contribution in [3.05, 3.63) is 59.4 Å². The Morgan fingerprint density at radius 3 is 2.65 bits per heavy atom. The second kappa shape index (κ2) is 5.64. The molecule has 1 aromatic heterocycles. The van der Waals surface area contributed by atoms with E-state index < -0.39 is 0 Å². The van der Waals surface area contributed by atoms with Crippen molar-refractivity contribution in [3.63, 3.8) is 0 Å². The minimum atomic E-state index is 0.711. The van der Waals surface area contributed by atoms with Crippen LogP contribution >= 0.6 is 11.8 Å². The molecular weight excluding hydrogens is 230 g/mol. The van der Waals surface area contributed by atoms with Crippen LogP contribution in [0.15, 0.2) is 47.5 Å². The van der Waals surface area contributed by atoms with E-state index in [1.807, 2.05) is 36.5 Å². The molecule has 1 heterocycles. The fraction of sp³-hybridized carbons (Fsp3) is 0.143. The van der Waals surface area contributed by atoms with Crippen LogP contribution in [0.5, 0.6) is 0 Å². The average Bonchev–Trinajstić information content (AvgIpc) is 2.38. The summed E-state index contributed by atoms with van der Waals surface area (Å²) in [5, 5.41) is 0. The van der Waals surface area contributed by atoms with Crippen LogP contribution in [0.4, 0.5) is 0 Å². The quantitative estimate of drug-likeness (QED) is 0.608. The summed E-state index contributed by atoms with van der Waals surface area (Å²) >= 11 is 1.73. The van der Waals surface area contributed by atoms with Crippen molar-refractivity contribution < 1.29 is 4.79 Å². The van der Waals surface area contributed by atoms with Crippen LogP contribution in [-0.2, 0) is 5.75 Å². The van der Waals surface area contributed by atoms with Crippen molar-refractivity contribution in [2.24, 2.45) is 0 Å². The summed E-state index contributed by atoms with van der Waals surface area (Å²) in [7, 11) is 0. The zero-order chi connectivity index (χ0) is 12.1. The zero-order valence-corrected chi connectivity index (χ0v) is 10.4. The van der Waals surface area contributed by atoms with Gasteiger partial charge in [0.1, 0.15) is 6.29 Å². The van der Waals surface area contributed by atoms with Crippen molar-refractivity contribution in [1.29, 1.82) is 0 Å². The van der Waals surface area contributed by atoms with Crippen LogP contribution in [0, 0.1) is 6.92 Å². The van der Waals surface area contributed by atoms with Crippen molar-refractivity contribution in [3.8, 4) is 0 Å². The number of rotatable bonds is 4. The molecule has 0 amide bonds. The summed E-state index contributed by atoms with van der Waals surface area (Å²) in [6, 6.07) is 11.6. The van der Waals surface area contributed by atoms with Gasteiger partial charge in [-0.15, -0.1) is 11.8 Å². The number of aryl methyl sites for hydroxylation is 1. The molecule has 1 aromatic carbocycles. The number of pyridine rings is 1. The first-order valence-electron chi connectivity index (χ1n) is 5.38. The van der Waals surface area contributed by atoms with Gasteiger partial charge < -0.3 is 0 Å². The first-order chi connectivity index (χ1) is 8.29. The number of hydrogen-bond acceptors (Lipinski definition) is 3. The predicted octanol–water partition coefficient (Wildman–Crippen LogP) is 3.49. The lowest BCUT2D eigenvalue weighted by Gasteiger charge is -2.04. The van der Waals surface area contributed by atoms with Crippen molar-refractivity contribution in [2.45, 2.75) is 17.6 Å². The normalized spacial score (nSPS) is 10.2. The molecule has 0 bridgehead atoms. The lowest BCUT2D eigenvalue weighted by atomic mass is 10.2. The summed E-state index contributed by atoms with van der Waals surface area (Å²) < 4.78 is 0. The molecule has 17 heavy (non-hydrogen) atoms. The van der Waals surface area contributed by atoms with Crippen molar-refractivity contribution >= 4 is 18.0 Å². The van der Waals surface area contributed by atoms with E-state index in [-0.39, 0.29) is 0 Å². The Labute approximate surface area is 105 Å². The molecule has 0 spiro atoms. The number of aldehydes is 1. The van der Waals surface area contributed by atoms with Gasteiger partial charge in [-0.05, 0) is 30.7 Å². The molecule has 0 atom stereocenters. The number of carbonyl (C=O) groups is 1. The summed E-state index contributed by atoms with van der Waals surface area (Å²) in [6.45, 7) is 2.07. The number of thioether (sulfide) groups is 1. The Hall–Kier alpha value is -1.61. The molecule has 0 unspecified atom stereocenters. The van der Waals surface area contributed by atoms with Gasteiger partial charge in [-0.3, -0.25) is 9.78 Å². The smallest absolute Gasteiger partial charge is 0.150 e. The van der Waals surface area contributed by atoms with Crippen LogP contribution in [0.2, 0.25) is 0 Å². The molecule has 0 aliphatic carbocycles. The highest BCUT2D eigenvalue weighted by Gasteiger charge is 2.00. The maximum Gasteiger partial charge on any atom is 0.150 e. The van der Waals surface area contributed by atoms with E-state index in [9.17, 15) is 4.79 Å². The Morgan fingerprint density at radius 1 is 1.24 bits per heavy atom. The van der Waals surface area contributed by atoms with E-state index in [2.05, 4.69) is 18.0 Å². The van der Waals surface area contributed by atoms with E-state index in [4.69, 9.17) is 0 Å². The van der Waals surface area contributed by atoms with E-state index in [0.29, 0.717) is 5.56 Å². The highest BCUT2D eigenvalue weighted by atomic mass is 32.2. The number of nitrogens with zero attached hydrogens (tertiary/aromatic N) is 1. The molecule has 3 heteroatoms. The Bertz CT molecular complexity index is 508. The minimum Gasteiger partial charge on any atom is -0.298 e. The van der Waals surface area contributed by atoms with Gasteiger partial charge in [0.15, 0.2) is 0 Å². The maximum atomic E-state index is 10.5. The standard InChI is InChI=1S/C14H13NOS/c1-11-3-2-8-15-14(11)10-17-13-6-4-12(9-16)5-7-13/h2-9H,10H2,1H3. The SMILES string of the molecule is Cc1cccnc1CSc1ccc(C=O)cc1. The van der Waals surface area contributed by atoms with Gasteiger partial charge in [0.25, 0.3) is 0 Å². The van der Waals surface area contributed by atoms with Gasteiger partial charge in [0.2, 0.25) is 0 Å². The predicted molar refractivity (Wildman–Crippen MR) is 70.4 cm³/mol. The summed E-state index contributed by atoms with van der Waals surface area (Å²) in [6.07, 6.45) is 2.68. The third-order valence-corrected chi connectivity index (χ3v) is 3.53. The fourth-order valence-electron chi connectivity index (χ4n) is 1.46. The Morgan fingerprint density at radius 2 is 2.00 bits per heavy atom. The number of benzene rings is 1. The van der Waals surface area contributed by atoms with Gasteiger partial charge >= 0.3 is 0 Å². The summed E-state index contributed by atoms with van der Waals surface area (Å²) in [4.78, 5) is 16.0. The largest absolute Gasteiger partial charge is 0.298 e. The van der Waals surface area contributed by atoms with Crippen molar-refractivity contribution in [1.82, 2.24) is 4.98 Å². The molecule has 0 fully saturated rings.